The van der Waals surface area contributed by atoms with E-state index in [9.17, 15) is 5.11 Å². The standard InChI is InChI=1S/C21H28BrNO5/c1-23(2)10-9-13-11-18(27-5)15(12-17(13)26-4)20(24)14-7-8-16(25-3)21(28-6)19(14)22/h7-8,11-12,20,24H,9-10H2,1-6H3. The van der Waals surface area contributed by atoms with Gasteiger partial charge in [-0.25, -0.2) is 0 Å². The molecular weight excluding hydrogens is 426 g/mol. The van der Waals surface area contributed by atoms with Crippen molar-refractivity contribution < 1.29 is 24.1 Å². The fourth-order valence-electron chi connectivity index (χ4n) is 3.02. The quantitative estimate of drug-likeness (QED) is 0.624. The summed E-state index contributed by atoms with van der Waals surface area (Å²) in [6, 6.07) is 7.31. The molecule has 0 bridgehead atoms. The Labute approximate surface area is 175 Å². The van der Waals surface area contributed by atoms with Crippen LogP contribution in [0.1, 0.15) is 22.8 Å². The van der Waals surface area contributed by atoms with Crippen LogP contribution in [-0.4, -0.2) is 59.1 Å². The Morgan fingerprint density at radius 3 is 2.07 bits per heavy atom. The second-order valence-corrected chi connectivity index (χ2v) is 7.36. The summed E-state index contributed by atoms with van der Waals surface area (Å²) in [4.78, 5) is 2.11. The minimum Gasteiger partial charge on any atom is -0.496 e. The summed E-state index contributed by atoms with van der Waals surface area (Å²) in [5.74, 6) is 2.42. The van der Waals surface area contributed by atoms with Crippen molar-refractivity contribution in [3.63, 3.8) is 0 Å². The molecule has 2 rings (SSSR count). The van der Waals surface area contributed by atoms with Crippen molar-refractivity contribution in [1.82, 2.24) is 4.90 Å². The first-order valence-electron chi connectivity index (χ1n) is 8.85. The average molecular weight is 454 g/mol. The maximum atomic E-state index is 11.1. The van der Waals surface area contributed by atoms with Gasteiger partial charge in [0, 0.05) is 17.7 Å². The largest absolute Gasteiger partial charge is 0.496 e. The molecule has 2 aromatic rings. The number of aliphatic hydroxyl groups excluding tert-OH is 1. The minimum atomic E-state index is -0.944. The molecule has 0 heterocycles. The van der Waals surface area contributed by atoms with Gasteiger partial charge >= 0.3 is 0 Å². The van der Waals surface area contributed by atoms with Crippen LogP contribution in [0.15, 0.2) is 28.7 Å². The van der Waals surface area contributed by atoms with Crippen LogP contribution in [0.4, 0.5) is 0 Å². The minimum absolute atomic E-state index is 0.521. The number of hydrogen-bond donors (Lipinski definition) is 1. The zero-order valence-corrected chi connectivity index (χ0v) is 18.8. The highest BCUT2D eigenvalue weighted by Gasteiger charge is 2.24. The predicted octanol–water partition coefficient (Wildman–Crippen LogP) is 3.67. The molecule has 0 aliphatic heterocycles. The molecule has 1 atom stereocenters. The monoisotopic (exact) mass is 453 g/mol. The van der Waals surface area contributed by atoms with Gasteiger partial charge in [-0.2, -0.15) is 0 Å². The molecule has 1 unspecified atom stereocenters. The van der Waals surface area contributed by atoms with Gasteiger partial charge in [0.05, 0.1) is 32.9 Å². The third kappa shape index (κ3) is 4.71. The van der Waals surface area contributed by atoms with Gasteiger partial charge in [-0.05, 0) is 60.2 Å². The highest BCUT2D eigenvalue weighted by atomic mass is 79.9. The Kier molecular flexibility index (Phi) is 7.98. The average Bonchev–Trinajstić information content (AvgIpc) is 2.70. The van der Waals surface area contributed by atoms with Gasteiger partial charge in [-0.1, -0.05) is 6.07 Å². The molecule has 0 aromatic heterocycles. The fourth-order valence-corrected chi connectivity index (χ4v) is 3.73. The fraction of sp³-hybridized carbons (Fsp3) is 0.429. The molecule has 1 N–H and O–H groups in total. The van der Waals surface area contributed by atoms with Crippen LogP contribution < -0.4 is 18.9 Å². The molecule has 28 heavy (non-hydrogen) atoms. The van der Waals surface area contributed by atoms with E-state index >= 15 is 0 Å². The van der Waals surface area contributed by atoms with Crippen LogP contribution in [0.2, 0.25) is 0 Å². The third-order valence-corrected chi connectivity index (χ3v) is 5.38. The summed E-state index contributed by atoms with van der Waals surface area (Å²) in [6.07, 6.45) is -0.135. The van der Waals surface area contributed by atoms with Gasteiger partial charge in [-0.15, -0.1) is 0 Å². The second kappa shape index (κ2) is 10.0. The summed E-state index contributed by atoms with van der Waals surface area (Å²) < 4.78 is 22.5. The van der Waals surface area contributed by atoms with Crippen LogP contribution in [0.25, 0.3) is 0 Å². The molecule has 0 aliphatic rings. The predicted molar refractivity (Wildman–Crippen MR) is 113 cm³/mol. The molecule has 0 fully saturated rings. The number of hydrogen-bond acceptors (Lipinski definition) is 6. The van der Waals surface area contributed by atoms with Crippen LogP contribution in [0.5, 0.6) is 23.0 Å². The molecule has 0 spiro atoms. The number of aliphatic hydroxyl groups is 1. The number of likely N-dealkylation sites (N-methyl/N-ethyl adjacent to an activating group) is 1. The summed E-state index contributed by atoms with van der Waals surface area (Å²) in [7, 11) is 10.4. The second-order valence-electron chi connectivity index (χ2n) is 6.57. The molecule has 7 heteroatoms. The van der Waals surface area contributed by atoms with Gasteiger partial charge in [-0.3, -0.25) is 0 Å². The maximum absolute atomic E-state index is 11.1. The number of ether oxygens (including phenoxy) is 4. The van der Waals surface area contributed by atoms with Gasteiger partial charge in [0.25, 0.3) is 0 Å². The van der Waals surface area contributed by atoms with E-state index in [4.69, 9.17) is 18.9 Å². The molecule has 0 aliphatic carbocycles. The number of rotatable bonds is 9. The van der Waals surface area contributed by atoms with E-state index < -0.39 is 6.10 Å². The van der Waals surface area contributed by atoms with Gasteiger partial charge in [0.2, 0.25) is 0 Å². The zero-order valence-electron chi connectivity index (χ0n) is 17.2. The van der Waals surface area contributed by atoms with E-state index in [-0.39, 0.29) is 0 Å². The van der Waals surface area contributed by atoms with E-state index in [0.29, 0.717) is 38.6 Å². The lowest BCUT2D eigenvalue weighted by atomic mass is 9.97. The molecule has 0 saturated heterocycles. The Bertz CT molecular complexity index is 810. The first kappa shape index (κ1) is 22.3. The van der Waals surface area contributed by atoms with Crippen molar-refractivity contribution in [3.05, 3.63) is 45.4 Å². The summed E-state index contributed by atoms with van der Waals surface area (Å²) in [5.41, 5.74) is 2.27. The highest BCUT2D eigenvalue weighted by Crippen LogP contribution is 2.43. The molecule has 0 radical (unpaired) electrons. The summed E-state index contributed by atoms with van der Waals surface area (Å²) in [5, 5.41) is 11.1. The highest BCUT2D eigenvalue weighted by molar-refractivity contribution is 9.10. The Balaban J connectivity index is 2.52. The lowest BCUT2D eigenvalue weighted by Gasteiger charge is -2.21. The van der Waals surface area contributed by atoms with Crippen molar-refractivity contribution in [3.8, 4) is 23.0 Å². The number of halogens is 1. The maximum Gasteiger partial charge on any atom is 0.175 e. The topological polar surface area (TPSA) is 60.4 Å². The Morgan fingerprint density at radius 1 is 0.893 bits per heavy atom. The molecule has 2 aromatic carbocycles. The van der Waals surface area contributed by atoms with Crippen molar-refractivity contribution in [2.75, 3.05) is 49.1 Å². The normalized spacial score (nSPS) is 12.0. The Hall–Kier alpha value is -1.96. The van der Waals surface area contributed by atoms with E-state index in [1.807, 2.05) is 26.2 Å². The first-order valence-corrected chi connectivity index (χ1v) is 9.65. The lowest BCUT2D eigenvalue weighted by Crippen LogP contribution is -2.15. The lowest BCUT2D eigenvalue weighted by molar-refractivity contribution is 0.212. The van der Waals surface area contributed by atoms with E-state index in [1.54, 1.807) is 40.6 Å². The van der Waals surface area contributed by atoms with E-state index in [2.05, 4.69) is 20.8 Å². The SMILES string of the molecule is COc1cc(C(O)c2ccc(OC)c(OC)c2Br)c(OC)cc1CCN(C)C. The van der Waals surface area contributed by atoms with Crippen molar-refractivity contribution in [2.24, 2.45) is 0 Å². The molecule has 6 nitrogen and oxygen atoms in total. The zero-order chi connectivity index (χ0) is 20.8. The molecular formula is C21H28BrNO5. The Morgan fingerprint density at radius 2 is 1.54 bits per heavy atom. The third-order valence-electron chi connectivity index (χ3n) is 4.57. The summed E-state index contributed by atoms with van der Waals surface area (Å²) >= 11 is 3.53. The van der Waals surface area contributed by atoms with Gasteiger partial charge < -0.3 is 29.0 Å². The van der Waals surface area contributed by atoms with E-state index in [1.165, 1.54) is 0 Å². The van der Waals surface area contributed by atoms with Crippen LogP contribution >= 0.6 is 15.9 Å². The molecule has 0 amide bonds. The number of methoxy groups -OCH3 is 4. The first-order chi connectivity index (χ1) is 13.4. The van der Waals surface area contributed by atoms with Crippen LogP contribution in [0, 0.1) is 0 Å². The smallest absolute Gasteiger partial charge is 0.175 e. The van der Waals surface area contributed by atoms with E-state index in [0.717, 1.165) is 18.5 Å². The molecule has 154 valence electrons. The summed E-state index contributed by atoms with van der Waals surface area (Å²) in [6.45, 7) is 0.878. The number of benzene rings is 2. The van der Waals surface area contributed by atoms with Crippen LogP contribution in [-0.2, 0) is 6.42 Å². The van der Waals surface area contributed by atoms with Crippen LogP contribution in [0.3, 0.4) is 0 Å². The van der Waals surface area contributed by atoms with Gasteiger partial charge in [0.15, 0.2) is 11.5 Å². The van der Waals surface area contributed by atoms with Crippen molar-refractivity contribution in [1.29, 1.82) is 0 Å². The van der Waals surface area contributed by atoms with Gasteiger partial charge in [0.1, 0.15) is 17.6 Å². The van der Waals surface area contributed by atoms with Crippen molar-refractivity contribution in [2.45, 2.75) is 12.5 Å². The molecule has 0 saturated carbocycles. The van der Waals surface area contributed by atoms with Crippen molar-refractivity contribution >= 4 is 15.9 Å². The number of nitrogens with zero attached hydrogens (tertiary/aromatic N) is 1.